The van der Waals surface area contributed by atoms with E-state index in [9.17, 15) is 4.79 Å². The molecule has 0 bridgehead atoms. The van der Waals surface area contributed by atoms with Crippen LogP contribution in [0.1, 0.15) is 12.5 Å². The highest BCUT2D eigenvalue weighted by Crippen LogP contribution is 2.13. The lowest BCUT2D eigenvalue weighted by Crippen LogP contribution is -2.35. The fourth-order valence-electron chi connectivity index (χ4n) is 1.96. The van der Waals surface area contributed by atoms with E-state index in [4.69, 9.17) is 0 Å². The highest BCUT2D eigenvalue weighted by molar-refractivity contribution is 6.03. The summed E-state index contributed by atoms with van der Waals surface area (Å²) in [6.45, 7) is 1.91. The Morgan fingerprint density at radius 1 is 1.16 bits per heavy atom. The Morgan fingerprint density at radius 2 is 1.74 bits per heavy atom. The van der Waals surface area contributed by atoms with E-state index >= 15 is 0 Å². The number of rotatable bonds is 5. The molecule has 0 aromatic heterocycles. The van der Waals surface area contributed by atoms with Gasteiger partial charge in [0, 0.05) is 33.9 Å². The molecule has 0 saturated heterocycles. The van der Waals surface area contributed by atoms with Crippen LogP contribution in [0.15, 0.2) is 35.4 Å². The molecule has 0 radical (unpaired) electrons. The molecule has 1 aromatic carbocycles. The van der Waals surface area contributed by atoms with Gasteiger partial charge in [-0.3, -0.25) is 4.79 Å². The fourth-order valence-corrected chi connectivity index (χ4v) is 1.96. The smallest absolute Gasteiger partial charge is 0.231 e. The molecule has 0 N–H and O–H groups in total. The summed E-state index contributed by atoms with van der Waals surface area (Å²) in [5.41, 5.74) is 1.99. The number of carbonyl (C=O) groups excluding carboxylic acids is 1. The van der Waals surface area contributed by atoms with Gasteiger partial charge in [0.05, 0.1) is 5.92 Å². The predicted molar refractivity (Wildman–Crippen MR) is 79.1 cm³/mol. The Balaban J connectivity index is 2.96. The first kappa shape index (κ1) is 15.2. The van der Waals surface area contributed by atoms with Gasteiger partial charge in [-0.05, 0) is 18.9 Å². The first-order valence-electron chi connectivity index (χ1n) is 6.39. The number of benzene rings is 1. The molecule has 0 fully saturated rings. The molecular formula is C15H23N3O. The number of nitrogens with zero attached hydrogens (tertiary/aromatic N) is 3. The fraction of sp³-hybridized carbons (Fsp3) is 0.467. The minimum atomic E-state index is -0.209. The van der Waals surface area contributed by atoms with E-state index in [1.807, 2.05) is 51.4 Å². The molecule has 0 aliphatic heterocycles. The summed E-state index contributed by atoms with van der Waals surface area (Å²) in [6.07, 6.45) is 0.682. The Hall–Kier alpha value is -1.84. The number of hydrogen-bond acceptors (Lipinski definition) is 3. The molecule has 1 aromatic rings. The lowest BCUT2D eigenvalue weighted by molar-refractivity contribution is -0.130. The van der Waals surface area contributed by atoms with Gasteiger partial charge in [-0.2, -0.15) is 5.10 Å². The van der Waals surface area contributed by atoms with E-state index in [-0.39, 0.29) is 11.8 Å². The van der Waals surface area contributed by atoms with Crippen molar-refractivity contribution in [3.05, 3.63) is 35.9 Å². The van der Waals surface area contributed by atoms with Crippen LogP contribution in [0.5, 0.6) is 0 Å². The van der Waals surface area contributed by atoms with Crippen LogP contribution in [0.25, 0.3) is 0 Å². The van der Waals surface area contributed by atoms with Crippen LogP contribution in [0.2, 0.25) is 0 Å². The molecule has 1 unspecified atom stereocenters. The average Bonchev–Trinajstić information content (AvgIpc) is 2.35. The molecular weight excluding hydrogens is 238 g/mol. The van der Waals surface area contributed by atoms with Gasteiger partial charge in [0.2, 0.25) is 5.91 Å². The highest BCUT2D eigenvalue weighted by atomic mass is 16.2. The molecule has 1 rings (SSSR count). The van der Waals surface area contributed by atoms with Crippen LogP contribution in [-0.4, -0.2) is 49.7 Å². The van der Waals surface area contributed by atoms with E-state index in [1.165, 1.54) is 0 Å². The minimum absolute atomic E-state index is 0.0898. The molecule has 0 aliphatic rings. The summed E-state index contributed by atoms with van der Waals surface area (Å²) in [5, 5.41) is 6.11. The van der Waals surface area contributed by atoms with Crippen molar-refractivity contribution in [1.29, 1.82) is 0 Å². The molecule has 1 atom stereocenters. The summed E-state index contributed by atoms with van der Waals surface area (Å²) >= 11 is 0. The number of hydrazone groups is 1. The van der Waals surface area contributed by atoms with Crippen molar-refractivity contribution < 1.29 is 4.79 Å². The molecule has 1 amide bonds. The van der Waals surface area contributed by atoms with Crippen molar-refractivity contribution in [3.63, 3.8) is 0 Å². The zero-order valence-electron chi connectivity index (χ0n) is 12.4. The van der Waals surface area contributed by atoms with Gasteiger partial charge < -0.3 is 9.91 Å². The first-order chi connectivity index (χ1) is 8.91. The highest BCUT2D eigenvalue weighted by Gasteiger charge is 2.24. The van der Waals surface area contributed by atoms with Gasteiger partial charge in [0.1, 0.15) is 0 Å². The van der Waals surface area contributed by atoms with E-state index < -0.39 is 0 Å². The third-order valence-corrected chi connectivity index (χ3v) is 2.88. The topological polar surface area (TPSA) is 35.9 Å². The quantitative estimate of drug-likeness (QED) is 0.599. The van der Waals surface area contributed by atoms with Crippen molar-refractivity contribution in [1.82, 2.24) is 9.91 Å². The second-order valence-electron chi connectivity index (χ2n) is 5.06. The Bertz CT molecular complexity index is 438. The molecule has 0 saturated carbocycles. The summed E-state index contributed by atoms with van der Waals surface area (Å²) in [4.78, 5) is 13.9. The van der Waals surface area contributed by atoms with Crippen molar-refractivity contribution >= 4 is 11.6 Å². The molecule has 19 heavy (non-hydrogen) atoms. The second kappa shape index (κ2) is 6.92. The monoisotopic (exact) mass is 261 g/mol. The van der Waals surface area contributed by atoms with Crippen LogP contribution in [0.4, 0.5) is 0 Å². The maximum absolute atomic E-state index is 12.3. The molecule has 4 nitrogen and oxygen atoms in total. The Morgan fingerprint density at radius 3 is 2.21 bits per heavy atom. The number of carbonyl (C=O) groups is 1. The zero-order valence-corrected chi connectivity index (χ0v) is 12.4. The van der Waals surface area contributed by atoms with Crippen molar-refractivity contribution in [2.75, 3.05) is 28.2 Å². The van der Waals surface area contributed by atoms with Crippen LogP contribution in [0.3, 0.4) is 0 Å². The SMILES string of the molecule is C/C(=N\N(C)C)C(Cc1ccccc1)C(=O)N(C)C. The van der Waals surface area contributed by atoms with Gasteiger partial charge in [0.25, 0.3) is 0 Å². The predicted octanol–water partition coefficient (Wildman–Crippen LogP) is 1.87. The molecule has 0 spiro atoms. The van der Waals surface area contributed by atoms with E-state index in [2.05, 4.69) is 5.10 Å². The normalized spacial score (nSPS) is 13.0. The van der Waals surface area contributed by atoms with Gasteiger partial charge in [-0.1, -0.05) is 30.3 Å². The first-order valence-corrected chi connectivity index (χ1v) is 6.39. The van der Waals surface area contributed by atoms with Gasteiger partial charge in [-0.15, -0.1) is 0 Å². The third kappa shape index (κ3) is 4.73. The summed E-state index contributed by atoms with van der Waals surface area (Å²) in [5.74, 6) is -0.119. The standard InChI is InChI=1S/C15H23N3O/c1-12(16-18(4)5)14(15(19)17(2)3)11-13-9-7-6-8-10-13/h6-10,14H,11H2,1-5H3/b16-12+. The van der Waals surface area contributed by atoms with Crippen molar-refractivity contribution in [2.45, 2.75) is 13.3 Å². The molecule has 104 valence electrons. The molecule has 0 heterocycles. The van der Waals surface area contributed by atoms with E-state index in [0.29, 0.717) is 6.42 Å². The van der Waals surface area contributed by atoms with Crippen LogP contribution < -0.4 is 0 Å². The lowest BCUT2D eigenvalue weighted by Gasteiger charge is -2.21. The summed E-state index contributed by atoms with van der Waals surface area (Å²) in [6, 6.07) is 10.0. The van der Waals surface area contributed by atoms with Crippen molar-refractivity contribution in [2.24, 2.45) is 11.0 Å². The second-order valence-corrected chi connectivity index (χ2v) is 5.06. The van der Waals surface area contributed by atoms with Crippen LogP contribution >= 0.6 is 0 Å². The zero-order chi connectivity index (χ0) is 14.4. The third-order valence-electron chi connectivity index (χ3n) is 2.88. The summed E-state index contributed by atoms with van der Waals surface area (Å²) in [7, 11) is 7.29. The molecule has 4 heteroatoms. The maximum Gasteiger partial charge on any atom is 0.231 e. The Kier molecular flexibility index (Phi) is 5.55. The van der Waals surface area contributed by atoms with Gasteiger partial charge in [0.15, 0.2) is 0 Å². The summed E-state index contributed by atoms with van der Waals surface area (Å²) < 4.78 is 0. The number of hydrogen-bond donors (Lipinski definition) is 0. The Labute approximate surface area is 115 Å². The minimum Gasteiger partial charge on any atom is -0.348 e. The van der Waals surface area contributed by atoms with Crippen molar-refractivity contribution in [3.8, 4) is 0 Å². The van der Waals surface area contributed by atoms with Gasteiger partial charge in [-0.25, -0.2) is 0 Å². The van der Waals surface area contributed by atoms with E-state index in [1.54, 1.807) is 24.0 Å². The van der Waals surface area contributed by atoms with Gasteiger partial charge >= 0.3 is 0 Å². The number of amides is 1. The average molecular weight is 261 g/mol. The van der Waals surface area contributed by atoms with Crippen LogP contribution in [0, 0.1) is 5.92 Å². The van der Waals surface area contributed by atoms with Crippen LogP contribution in [-0.2, 0) is 11.2 Å². The molecule has 0 aliphatic carbocycles. The largest absolute Gasteiger partial charge is 0.348 e. The maximum atomic E-state index is 12.3. The lowest BCUT2D eigenvalue weighted by atomic mass is 9.94. The van der Waals surface area contributed by atoms with E-state index in [0.717, 1.165) is 11.3 Å².